The van der Waals surface area contributed by atoms with Gasteiger partial charge in [-0.05, 0) is 42.5 Å². The summed E-state index contributed by atoms with van der Waals surface area (Å²) in [6.45, 7) is 4.76. The molecule has 3 amide bonds. The van der Waals surface area contributed by atoms with Crippen LogP contribution in [0.2, 0.25) is 0 Å². The number of phenolic OH excluding ortho intramolecular Hbond substituents is 1. The summed E-state index contributed by atoms with van der Waals surface area (Å²) < 4.78 is 0. The molecule has 0 fully saturated rings. The van der Waals surface area contributed by atoms with Gasteiger partial charge in [0, 0.05) is 6.42 Å². The Morgan fingerprint density at radius 3 is 1.92 bits per heavy atom. The highest BCUT2D eigenvalue weighted by Crippen LogP contribution is 2.12. The number of benzene rings is 2. The summed E-state index contributed by atoms with van der Waals surface area (Å²) in [4.78, 5) is 49.9. The summed E-state index contributed by atoms with van der Waals surface area (Å²) in [6, 6.07) is 11.2. The second-order valence-corrected chi connectivity index (χ2v) is 9.03. The molecule has 194 valence electrons. The lowest BCUT2D eigenvalue weighted by Crippen LogP contribution is -2.58. The molecule has 4 atom stereocenters. The van der Waals surface area contributed by atoms with Crippen LogP contribution >= 0.6 is 0 Å². The van der Waals surface area contributed by atoms with Crippen LogP contribution in [0.1, 0.15) is 31.9 Å². The fourth-order valence-corrected chi connectivity index (χ4v) is 3.47. The molecule has 10 nitrogen and oxygen atoms in total. The topological polar surface area (TPSA) is 171 Å². The molecular formula is C26H34N4O6. The predicted molar refractivity (Wildman–Crippen MR) is 134 cm³/mol. The number of hydrogen-bond acceptors (Lipinski definition) is 6. The third-order valence-corrected chi connectivity index (χ3v) is 5.62. The van der Waals surface area contributed by atoms with Gasteiger partial charge in [-0.15, -0.1) is 0 Å². The van der Waals surface area contributed by atoms with Crippen molar-refractivity contribution in [2.75, 3.05) is 0 Å². The van der Waals surface area contributed by atoms with Gasteiger partial charge in [-0.2, -0.15) is 0 Å². The number of nitrogens with one attached hydrogen (secondary N) is 3. The molecule has 36 heavy (non-hydrogen) atoms. The summed E-state index contributed by atoms with van der Waals surface area (Å²) >= 11 is 0. The van der Waals surface area contributed by atoms with Crippen LogP contribution in [0.5, 0.6) is 5.75 Å². The summed E-state index contributed by atoms with van der Waals surface area (Å²) in [5, 5.41) is 26.2. The van der Waals surface area contributed by atoms with Gasteiger partial charge in [-0.3, -0.25) is 19.2 Å². The van der Waals surface area contributed by atoms with Crippen LogP contribution in [-0.2, 0) is 32.0 Å². The number of carbonyl (C=O) groups is 4. The molecule has 7 N–H and O–H groups in total. The van der Waals surface area contributed by atoms with Crippen LogP contribution < -0.4 is 21.7 Å². The normalized spacial score (nSPS) is 14.2. The molecule has 0 bridgehead atoms. The molecule has 4 unspecified atom stereocenters. The third-order valence-electron chi connectivity index (χ3n) is 5.62. The lowest BCUT2D eigenvalue weighted by molar-refractivity contribution is -0.142. The van der Waals surface area contributed by atoms with Crippen molar-refractivity contribution in [1.29, 1.82) is 0 Å². The van der Waals surface area contributed by atoms with E-state index < -0.39 is 47.9 Å². The average molecular weight is 499 g/mol. The molecule has 0 saturated heterocycles. The van der Waals surface area contributed by atoms with E-state index in [2.05, 4.69) is 16.0 Å². The number of aliphatic carboxylic acids is 1. The number of rotatable bonds is 12. The van der Waals surface area contributed by atoms with E-state index >= 15 is 0 Å². The fourth-order valence-electron chi connectivity index (χ4n) is 3.47. The van der Waals surface area contributed by atoms with Crippen LogP contribution in [0.3, 0.4) is 0 Å². The van der Waals surface area contributed by atoms with E-state index in [1.165, 1.54) is 19.1 Å². The first-order valence-electron chi connectivity index (χ1n) is 11.7. The zero-order valence-electron chi connectivity index (χ0n) is 20.6. The number of hydrogen-bond donors (Lipinski definition) is 6. The summed E-state index contributed by atoms with van der Waals surface area (Å²) in [7, 11) is 0. The van der Waals surface area contributed by atoms with Crippen LogP contribution in [0.25, 0.3) is 0 Å². The highest BCUT2D eigenvalue weighted by atomic mass is 16.4. The van der Waals surface area contributed by atoms with E-state index in [9.17, 15) is 24.3 Å². The molecule has 0 radical (unpaired) electrons. The minimum Gasteiger partial charge on any atom is -0.508 e. The quantitative estimate of drug-likeness (QED) is 0.250. The average Bonchev–Trinajstić information content (AvgIpc) is 2.83. The Morgan fingerprint density at radius 2 is 1.36 bits per heavy atom. The van der Waals surface area contributed by atoms with Crippen molar-refractivity contribution in [3.05, 3.63) is 65.7 Å². The largest absolute Gasteiger partial charge is 0.508 e. The van der Waals surface area contributed by atoms with Gasteiger partial charge in [0.25, 0.3) is 0 Å². The summed E-state index contributed by atoms with van der Waals surface area (Å²) in [5.41, 5.74) is 7.61. The Balaban J connectivity index is 2.17. The molecule has 2 rings (SSSR count). The molecule has 0 spiro atoms. The molecule has 0 heterocycles. The highest BCUT2D eigenvalue weighted by molar-refractivity contribution is 5.94. The molecule has 0 aliphatic heterocycles. The molecule has 2 aromatic carbocycles. The van der Waals surface area contributed by atoms with Gasteiger partial charge in [-0.25, -0.2) is 0 Å². The van der Waals surface area contributed by atoms with Crippen LogP contribution in [0.15, 0.2) is 54.6 Å². The monoisotopic (exact) mass is 498 g/mol. The van der Waals surface area contributed by atoms with Crippen LogP contribution in [-0.4, -0.2) is 58.1 Å². The maximum absolute atomic E-state index is 13.2. The number of phenols is 1. The van der Waals surface area contributed by atoms with Gasteiger partial charge in [0.05, 0.1) is 6.04 Å². The second-order valence-electron chi connectivity index (χ2n) is 9.03. The minimum atomic E-state index is -1.20. The molecule has 0 aliphatic rings. The third kappa shape index (κ3) is 8.70. The highest BCUT2D eigenvalue weighted by Gasteiger charge is 2.31. The van der Waals surface area contributed by atoms with E-state index in [-0.39, 0.29) is 24.5 Å². The van der Waals surface area contributed by atoms with Gasteiger partial charge < -0.3 is 31.9 Å². The van der Waals surface area contributed by atoms with E-state index in [1.54, 1.807) is 38.1 Å². The minimum absolute atomic E-state index is 0.0952. The maximum atomic E-state index is 13.2. The molecular weight excluding hydrogens is 464 g/mol. The number of carboxylic acids is 1. The van der Waals surface area contributed by atoms with Gasteiger partial charge in [0.15, 0.2) is 0 Å². The first kappa shape index (κ1) is 28.3. The van der Waals surface area contributed by atoms with E-state index in [1.807, 2.05) is 18.2 Å². The Labute approximate surface area is 210 Å². The van der Waals surface area contributed by atoms with Crippen LogP contribution in [0, 0.1) is 5.92 Å². The van der Waals surface area contributed by atoms with Crippen LogP contribution in [0.4, 0.5) is 0 Å². The Bertz CT molecular complexity index is 1040. The van der Waals surface area contributed by atoms with Crippen molar-refractivity contribution in [1.82, 2.24) is 16.0 Å². The lowest BCUT2D eigenvalue weighted by atomic mass is 10.00. The molecule has 0 aliphatic carbocycles. The van der Waals surface area contributed by atoms with Gasteiger partial charge in [0.1, 0.15) is 23.9 Å². The van der Waals surface area contributed by atoms with Crippen molar-refractivity contribution >= 4 is 23.7 Å². The van der Waals surface area contributed by atoms with Gasteiger partial charge in [-0.1, -0.05) is 56.3 Å². The predicted octanol–water partition coefficient (Wildman–Crippen LogP) is 0.720. The Hall–Kier alpha value is -3.92. The standard InChI is InChI=1S/C26H34N4O6/c1-15(2)22(25(34)28-16(3)26(35)36)30-24(33)21(14-17-7-5-4-6-8-17)29-23(32)20(27)13-18-9-11-19(31)12-10-18/h4-12,15-16,20-22,31H,13-14,27H2,1-3H3,(H,28,34)(H,29,32)(H,30,33)(H,35,36). The molecule has 0 saturated carbocycles. The van der Waals surface area contributed by atoms with Crippen molar-refractivity contribution < 1.29 is 29.4 Å². The Kier molecular flexibility index (Phi) is 10.4. The number of carboxylic acid groups (broad SMARTS) is 1. The molecule has 2 aromatic rings. The number of amides is 3. The number of aromatic hydroxyl groups is 1. The zero-order valence-corrected chi connectivity index (χ0v) is 20.6. The number of nitrogens with two attached hydrogens (primary N) is 1. The smallest absolute Gasteiger partial charge is 0.325 e. The summed E-state index contributed by atoms with van der Waals surface area (Å²) in [5.74, 6) is -3.24. The van der Waals surface area contributed by atoms with Crippen molar-refractivity contribution in [2.24, 2.45) is 11.7 Å². The maximum Gasteiger partial charge on any atom is 0.325 e. The van der Waals surface area contributed by atoms with E-state index in [0.29, 0.717) is 0 Å². The van der Waals surface area contributed by atoms with Gasteiger partial charge in [0.2, 0.25) is 17.7 Å². The zero-order chi connectivity index (χ0) is 26.8. The SMILES string of the molecule is CC(NC(=O)C(NC(=O)C(Cc1ccccc1)NC(=O)C(N)Cc1ccc(O)cc1)C(C)C)C(=O)O. The fraction of sp³-hybridized carbons (Fsp3) is 0.385. The van der Waals surface area contributed by atoms with Crippen molar-refractivity contribution in [2.45, 2.75) is 57.8 Å². The van der Waals surface area contributed by atoms with E-state index in [0.717, 1.165) is 11.1 Å². The first-order valence-corrected chi connectivity index (χ1v) is 11.7. The number of carbonyl (C=O) groups excluding carboxylic acids is 3. The van der Waals surface area contributed by atoms with E-state index in [4.69, 9.17) is 10.8 Å². The molecule has 0 aromatic heterocycles. The Morgan fingerprint density at radius 1 is 0.778 bits per heavy atom. The second kappa shape index (κ2) is 13.2. The van der Waals surface area contributed by atoms with Gasteiger partial charge >= 0.3 is 5.97 Å². The first-order chi connectivity index (χ1) is 17.0. The summed E-state index contributed by atoms with van der Waals surface area (Å²) in [6.07, 6.45) is 0.345. The van der Waals surface area contributed by atoms with Crippen molar-refractivity contribution in [3.8, 4) is 5.75 Å². The van der Waals surface area contributed by atoms with Crippen molar-refractivity contribution in [3.63, 3.8) is 0 Å². The lowest BCUT2D eigenvalue weighted by Gasteiger charge is -2.26. The molecule has 10 heteroatoms.